The van der Waals surface area contributed by atoms with E-state index in [1.807, 2.05) is 49.4 Å². The molecule has 5 nitrogen and oxygen atoms in total. The summed E-state index contributed by atoms with van der Waals surface area (Å²) in [6.45, 7) is 5.85. The molecule has 1 amide bonds. The van der Waals surface area contributed by atoms with Gasteiger partial charge in [0, 0.05) is 42.4 Å². The predicted molar refractivity (Wildman–Crippen MR) is 127 cm³/mol. The Kier molecular flexibility index (Phi) is 5.82. The number of hydrogen-bond donors (Lipinski definition) is 1. The van der Waals surface area contributed by atoms with Gasteiger partial charge in [0.2, 0.25) is 0 Å². The molecule has 0 bridgehead atoms. The van der Waals surface area contributed by atoms with Gasteiger partial charge in [0.1, 0.15) is 0 Å². The number of nitrogens with one attached hydrogen (secondary N) is 1. The van der Waals surface area contributed by atoms with Crippen LogP contribution in [0.15, 0.2) is 65.9 Å². The van der Waals surface area contributed by atoms with Gasteiger partial charge in [0.05, 0.1) is 5.54 Å². The molecular weight excluding hydrogens is 429 g/mol. The summed E-state index contributed by atoms with van der Waals surface area (Å²) >= 11 is 6.44. The van der Waals surface area contributed by atoms with Crippen molar-refractivity contribution in [2.45, 2.75) is 25.3 Å². The van der Waals surface area contributed by atoms with Crippen LogP contribution in [0.5, 0.6) is 0 Å². The van der Waals surface area contributed by atoms with E-state index in [1.54, 1.807) is 17.8 Å². The Morgan fingerprint density at radius 2 is 1.91 bits per heavy atom. The van der Waals surface area contributed by atoms with Gasteiger partial charge >= 0.3 is 0 Å². The van der Waals surface area contributed by atoms with E-state index in [4.69, 9.17) is 11.6 Å². The van der Waals surface area contributed by atoms with Crippen molar-refractivity contribution in [1.29, 1.82) is 0 Å². The van der Waals surface area contributed by atoms with Crippen molar-refractivity contribution < 1.29 is 9.18 Å². The van der Waals surface area contributed by atoms with Crippen molar-refractivity contribution in [2.24, 2.45) is 7.05 Å². The van der Waals surface area contributed by atoms with E-state index in [0.29, 0.717) is 36.3 Å². The third-order valence-electron chi connectivity index (χ3n) is 6.38. The summed E-state index contributed by atoms with van der Waals surface area (Å²) in [5, 5.41) is 5.80. The fraction of sp³-hybridized carbons (Fsp3) is 0.280. The predicted octanol–water partition coefficient (Wildman–Crippen LogP) is 4.91. The normalized spacial score (nSPS) is 15.6. The Morgan fingerprint density at radius 3 is 2.59 bits per heavy atom. The molecular formula is C25H25ClFN3O2. The SMILES string of the molecule is C=C(F)C(=O)N1CCC(Nc2ccc3ccn(C)c(=O)c3c2)(c2cccc(Cl)c2C)CC1. The van der Waals surface area contributed by atoms with Crippen LogP contribution in [0.3, 0.4) is 0 Å². The number of amides is 1. The van der Waals surface area contributed by atoms with Crippen LogP contribution >= 0.6 is 11.6 Å². The highest BCUT2D eigenvalue weighted by Crippen LogP contribution is 2.40. The number of carbonyl (C=O) groups excluding carboxylic acids is 1. The molecule has 2 heterocycles. The van der Waals surface area contributed by atoms with Crippen LogP contribution in [0, 0.1) is 6.92 Å². The first-order valence-electron chi connectivity index (χ1n) is 10.5. The lowest BCUT2D eigenvalue weighted by Gasteiger charge is -2.44. The lowest BCUT2D eigenvalue weighted by molar-refractivity contribution is -0.130. The van der Waals surface area contributed by atoms with Crippen LogP contribution in [-0.2, 0) is 17.4 Å². The Bertz CT molecular complexity index is 1280. The van der Waals surface area contributed by atoms with Gasteiger partial charge < -0.3 is 14.8 Å². The van der Waals surface area contributed by atoms with Gasteiger partial charge in [0.15, 0.2) is 5.83 Å². The maximum Gasteiger partial charge on any atom is 0.281 e. The number of aryl methyl sites for hydroxylation is 1. The van der Waals surface area contributed by atoms with Crippen molar-refractivity contribution in [2.75, 3.05) is 18.4 Å². The average molecular weight is 454 g/mol. The topological polar surface area (TPSA) is 54.3 Å². The maximum absolute atomic E-state index is 13.4. The molecule has 32 heavy (non-hydrogen) atoms. The molecule has 166 valence electrons. The van der Waals surface area contributed by atoms with Gasteiger partial charge in [-0.1, -0.05) is 36.4 Å². The van der Waals surface area contributed by atoms with Crippen LogP contribution < -0.4 is 10.9 Å². The first-order valence-corrected chi connectivity index (χ1v) is 10.9. The second-order valence-corrected chi connectivity index (χ2v) is 8.76. The van der Waals surface area contributed by atoms with Crippen molar-refractivity contribution in [1.82, 2.24) is 9.47 Å². The molecule has 0 spiro atoms. The number of aromatic nitrogens is 1. The number of piperidine rings is 1. The molecule has 2 aromatic carbocycles. The first-order chi connectivity index (χ1) is 15.2. The number of halogens is 2. The van der Waals surface area contributed by atoms with Crippen molar-refractivity contribution in [3.05, 3.63) is 87.6 Å². The molecule has 1 aliphatic heterocycles. The summed E-state index contributed by atoms with van der Waals surface area (Å²) in [5.74, 6) is -1.62. The molecule has 1 aromatic heterocycles. The number of nitrogens with zero attached hydrogens (tertiary/aromatic N) is 2. The van der Waals surface area contributed by atoms with E-state index < -0.39 is 17.3 Å². The summed E-state index contributed by atoms with van der Waals surface area (Å²) in [5.41, 5.74) is 2.18. The van der Waals surface area contributed by atoms with E-state index in [2.05, 4.69) is 11.9 Å². The second kappa shape index (κ2) is 8.43. The number of fused-ring (bicyclic) bond motifs is 1. The standard InChI is InChI=1S/C25H25ClFN3O2/c1-16-21(5-4-6-22(16)26)25(10-13-30(14-11-25)23(31)17(2)27)28-19-8-7-18-9-12-29(3)24(32)20(18)15-19/h4-9,12,15,28H,2,10-11,13-14H2,1,3H3. The summed E-state index contributed by atoms with van der Waals surface area (Å²) in [7, 11) is 1.73. The number of pyridine rings is 1. The highest BCUT2D eigenvalue weighted by molar-refractivity contribution is 6.31. The first kappa shape index (κ1) is 22.1. The smallest absolute Gasteiger partial charge is 0.281 e. The van der Waals surface area contributed by atoms with E-state index in [9.17, 15) is 14.0 Å². The Morgan fingerprint density at radius 1 is 1.19 bits per heavy atom. The van der Waals surface area contributed by atoms with Crippen molar-refractivity contribution >= 4 is 34.0 Å². The zero-order valence-electron chi connectivity index (χ0n) is 18.1. The molecule has 1 aliphatic rings. The van der Waals surface area contributed by atoms with Crippen molar-refractivity contribution in [3.8, 4) is 0 Å². The molecule has 1 N–H and O–H groups in total. The number of likely N-dealkylation sites (tertiary alicyclic amines) is 1. The number of anilines is 1. The number of benzene rings is 2. The fourth-order valence-corrected chi connectivity index (χ4v) is 4.72. The number of carbonyl (C=O) groups is 1. The lowest BCUT2D eigenvalue weighted by Crippen LogP contribution is -2.49. The van der Waals surface area contributed by atoms with Gasteiger partial charge in [0.25, 0.3) is 11.5 Å². The van der Waals surface area contributed by atoms with Crippen LogP contribution in [0.2, 0.25) is 5.02 Å². The zero-order chi connectivity index (χ0) is 23.0. The average Bonchev–Trinajstić information content (AvgIpc) is 2.78. The minimum Gasteiger partial charge on any atom is -0.375 e. The summed E-state index contributed by atoms with van der Waals surface area (Å²) in [6.07, 6.45) is 2.86. The van der Waals surface area contributed by atoms with Crippen LogP contribution in [0.25, 0.3) is 10.8 Å². The van der Waals surface area contributed by atoms with E-state index in [-0.39, 0.29) is 5.56 Å². The fourth-order valence-electron chi connectivity index (χ4n) is 4.54. The van der Waals surface area contributed by atoms with Crippen LogP contribution in [0.1, 0.15) is 24.0 Å². The van der Waals surface area contributed by atoms with Gasteiger partial charge in [-0.25, -0.2) is 4.39 Å². The van der Waals surface area contributed by atoms with Crippen LogP contribution in [0.4, 0.5) is 10.1 Å². The van der Waals surface area contributed by atoms with E-state index in [0.717, 1.165) is 22.2 Å². The Labute approximate surface area is 191 Å². The third kappa shape index (κ3) is 3.91. The molecule has 0 radical (unpaired) electrons. The summed E-state index contributed by atoms with van der Waals surface area (Å²) in [4.78, 5) is 26.2. The Hall–Kier alpha value is -3.12. The Balaban J connectivity index is 1.76. The molecule has 0 atom stereocenters. The molecule has 0 unspecified atom stereocenters. The van der Waals surface area contributed by atoms with Crippen LogP contribution in [-0.4, -0.2) is 28.5 Å². The van der Waals surface area contributed by atoms with Crippen molar-refractivity contribution in [3.63, 3.8) is 0 Å². The van der Waals surface area contributed by atoms with Gasteiger partial charge in [-0.15, -0.1) is 0 Å². The van der Waals surface area contributed by atoms with Gasteiger partial charge in [-0.3, -0.25) is 9.59 Å². The van der Waals surface area contributed by atoms with E-state index >= 15 is 0 Å². The maximum atomic E-state index is 13.4. The quantitative estimate of drug-likeness (QED) is 0.571. The molecule has 7 heteroatoms. The highest BCUT2D eigenvalue weighted by Gasteiger charge is 2.39. The molecule has 1 saturated heterocycles. The summed E-state index contributed by atoms with van der Waals surface area (Å²) < 4.78 is 15.0. The second-order valence-electron chi connectivity index (χ2n) is 8.35. The zero-order valence-corrected chi connectivity index (χ0v) is 18.9. The third-order valence-corrected chi connectivity index (χ3v) is 6.79. The molecule has 0 saturated carbocycles. The molecule has 4 rings (SSSR count). The minimum absolute atomic E-state index is 0.0685. The molecule has 1 fully saturated rings. The summed E-state index contributed by atoms with van der Waals surface area (Å²) in [6, 6.07) is 13.4. The van der Waals surface area contributed by atoms with Gasteiger partial charge in [-0.05, 0) is 60.5 Å². The van der Waals surface area contributed by atoms with Gasteiger partial charge in [-0.2, -0.15) is 0 Å². The largest absolute Gasteiger partial charge is 0.375 e. The lowest BCUT2D eigenvalue weighted by atomic mass is 9.78. The molecule has 0 aliphatic carbocycles. The minimum atomic E-state index is -0.949. The highest BCUT2D eigenvalue weighted by atomic mass is 35.5. The number of rotatable bonds is 4. The number of hydrogen-bond acceptors (Lipinski definition) is 3. The molecule has 3 aromatic rings. The monoisotopic (exact) mass is 453 g/mol. The van der Waals surface area contributed by atoms with E-state index in [1.165, 1.54) is 4.90 Å².